The highest BCUT2D eigenvalue weighted by Gasteiger charge is 2.41. The van der Waals surface area contributed by atoms with Crippen LogP contribution in [0.2, 0.25) is 5.02 Å². The summed E-state index contributed by atoms with van der Waals surface area (Å²) < 4.78 is 0. The Morgan fingerprint density at radius 2 is 1.78 bits per heavy atom. The normalized spacial score (nSPS) is 20.7. The van der Waals surface area contributed by atoms with E-state index in [0.717, 1.165) is 11.1 Å². The number of carbonyl (C=O) groups is 2. The third-order valence-electron chi connectivity index (χ3n) is 6.42. The maximum Gasteiger partial charge on any atom is 0.251 e. The molecule has 2 aromatic rings. The predicted octanol–water partition coefficient (Wildman–Crippen LogP) is 5.06. The number of nitrogens with zero attached hydrogens (tertiary/aromatic N) is 1. The third kappa shape index (κ3) is 4.96. The van der Waals surface area contributed by atoms with E-state index in [1.54, 1.807) is 24.3 Å². The van der Waals surface area contributed by atoms with Gasteiger partial charge in [-0.25, -0.2) is 0 Å². The van der Waals surface area contributed by atoms with E-state index in [1.807, 2.05) is 58.9 Å². The molecule has 3 rings (SSSR count). The molecule has 3 atom stereocenters. The summed E-state index contributed by atoms with van der Waals surface area (Å²) in [6.07, 6.45) is 0.314. The van der Waals surface area contributed by atoms with Crippen LogP contribution in [0.4, 0.5) is 0 Å². The maximum atomic E-state index is 12.9. The van der Waals surface area contributed by atoms with Gasteiger partial charge in [0.05, 0.1) is 18.5 Å². The molecule has 1 heterocycles. The average Bonchev–Trinajstić information content (AvgIpc) is 2.73. The van der Waals surface area contributed by atoms with Gasteiger partial charge in [-0.15, -0.1) is 0 Å². The third-order valence-corrected chi connectivity index (χ3v) is 6.66. The van der Waals surface area contributed by atoms with Gasteiger partial charge in [-0.3, -0.25) is 19.9 Å². The van der Waals surface area contributed by atoms with Crippen LogP contribution >= 0.6 is 11.6 Å². The first kappa shape index (κ1) is 23.8. The van der Waals surface area contributed by atoms with Gasteiger partial charge in [0, 0.05) is 16.1 Å². The number of hydrogen-bond acceptors (Lipinski definition) is 3. The molecule has 0 bridgehead atoms. The van der Waals surface area contributed by atoms with Crippen molar-refractivity contribution in [2.45, 2.75) is 58.7 Å². The Hall–Kier alpha value is -2.86. The van der Waals surface area contributed by atoms with Crippen LogP contribution in [0, 0.1) is 11.3 Å². The maximum absolute atomic E-state index is 12.9. The fourth-order valence-electron chi connectivity index (χ4n) is 3.89. The number of amides is 2. The number of halogens is 1. The van der Waals surface area contributed by atoms with Gasteiger partial charge in [0.2, 0.25) is 5.91 Å². The second-order valence-electron chi connectivity index (χ2n) is 9.04. The zero-order chi connectivity index (χ0) is 23.6. The standard InChI is InChI=1S/C25H31ClN4O2/c1-15(2)25(5)14-22(31)30(24(27)29-25)17(4)19-9-6-10-20(12-19)23(32)28-16(3)18-8-7-11-21(26)13-18/h6-13,15-17H,14H2,1-5H3,(H2,27,29)(H,28,32)/t16-,17+,25-/m0/s1. The lowest BCUT2D eigenvalue weighted by atomic mass is 9.83. The summed E-state index contributed by atoms with van der Waals surface area (Å²) in [6.45, 7) is 9.83. The monoisotopic (exact) mass is 454 g/mol. The van der Waals surface area contributed by atoms with E-state index >= 15 is 0 Å². The van der Waals surface area contributed by atoms with Crippen LogP contribution in [0.1, 0.15) is 74.6 Å². The van der Waals surface area contributed by atoms with E-state index in [4.69, 9.17) is 17.0 Å². The fraction of sp³-hybridized carbons (Fsp3) is 0.400. The van der Waals surface area contributed by atoms with Crippen molar-refractivity contribution in [3.63, 3.8) is 0 Å². The Kier molecular flexibility index (Phi) is 6.94. The summed E-state index contributed by atoms with van der Waals surface area (Å²) in [6, 6.07) is 14.0. The zero-order valence-corrected chi connectivity index (χ0v) is 20.0. The molecular weight excluding hydrogens is 424 g/mol. The zero-order valence-electron chi connectivity index (χ0n) is 19.2. The number of carbonyl (C=O) groups excluding carboxylic acids is 2. The second kappa shape index (κ2) is 9.33. The smallest absolute Gasteiger partial charge is 0.251 e. The molecule has 6 nitrogen and oxygen atoms in total. The SMILES string of the molecule is CC(C)[C@]1(C)CC(=O)N([C@H](C)c2cccc(C(=O)N[C@@H](C)c3cccc(Cl)c3)c2)C(=N)N1. The minimum atomic E-state index is -0.442. The summed E-state index contributed by atoms with van der Waals surface area (Å²) in [5, 5.41) is 15.3. The minimum Gasteiger partial charge on any atom is -0.350 e. The van der Waals surface area contributed by atoms with Crippen LogP contribution in [0.3, 0.4) is 0 Å². The minimum absolute atomic E-state index is 0.0920. The lowest BCUT2D eigenvalue weighted by Gasteiger charge is -2.45. The molecule has 2 aromatic carbocycles. The number of rotatable bonds is 6. The lowest BCUT2D eigenvalue weighted by Crippen LogP contribution is -2.63. The highest BCUT2D eigenvalue weighted by atomic mass is 35.5. The molecule has 0 spiro atoms. The Morgan fingerprint density at radius 3 is 2.41 bits per heavy atom. The van der Waals surface area contributed by atoms with Crippen LogP contribution in [0.15, 0.2) is 48.5 Å². The Morgan fingerprint density at radius 1 is 1.12 bits per heavy atom. The Bertz CT molecular complexity index is 1020. The molecule has 7 heteroatoms. The molecule has 1 aliphatic heterocycles. The van der Waals surface area contributed by atoms with Crippen molar-refractivity contribution in [1.29, 1.82) is 5.41 Å². The molecule has 2 amide bonds. The molecular formula is C25H31ClN4O2. The molecule has 3 N–H and O–H groups in total. The van der Waals surface area contributed by atoms with E-state index < -0.39 is 5.54 Å². The van der Waals surface area contributed by atoms with Gasteiger partial charge >= 0.3 is 0 Å². The first-order valence-corrected chi connectivity index (χ1v) is 11.2. The van der Waals surface area contributed by atoms with Crippen LogP contribution < -0.4 is 10.6 Å². The van der Waals surface area contributed by atoms with Gasteiger partial charge in [0.15, 0.2) is 5.96 Å². The molecule has 1 aliphatic rings. The molecule has 1 fully saturated rings. The first-order chi connectivity index (χ1) is 15.0. The molecule has 32 heavy (non-hydrogen) atoms. The molecule has 0 radical (unpaired) electrons. The molecule has 0 aliphatic carbocycles. The van der Waals surface area contributed by atoms with Gasteiger partial charge in [-0.2, -0.15) is 0 Å². The van der Waals surface area contributed by atoms with Crippen molar-refractivity contribution >= 4 is 29.4 Å². The fourth-order valence-corrected chi connectivity index (χ4v) is 4.08. The Balaban J connectivity index is 1.76. The summed E-state index contributed by atoms with van der Waals surface area (Å²) in [4.78, 5) is 27.3. The van der Waals surface area contributed by atoms with Gasteiger partial charge in [-0.1, -0.05) is 49.7 Å². The highest BCUT2D eigenvalue weighted by Crippen LogP contribution is 2.31. The van der Waals surface area contributed by atoms with Crippen molar-refractivity contribution < 1.29 is 9.59 Å². The van der Waals surface area contributed by atoms with E-state index in [9.17, 15) is 9.59 Å². The van der Waals surface area contributed by atoms with Crippen LogP contribution in [-0.4, -0.2) is 28.2 Å². The van der Waals surface area contributed by atoms with Crippen molar-refractivity contribution in [3.8, 4) is 0 Å². The summed E-state index contributed by atoms with van der Waals surface area (Å²) in [7, 11) is 0. The van der Waals surface area contributed by atoms with Crippen LogP contribution in [-0.2, 0) is 4.79 Å². The molecule has 170 valence electrons. The van der Waals surface area contributed by atoms with Crippen molar-refractivity contribution in [3.05, 3.63) is 70.2 Å². The largest absolute Gasteiger partial charge is 0.350 e. The highest BCUT2D eigenvalue weighted by molar-refractivity contribution is 6.30. The topological polar surface area (TPSA) is 85.3 Å². The predicted molar refractivity (Wildman–Crippen MR) is 128 cm³/mol. The van der Waals surface area contributed by atoms with Gasteiger partial charge < -0.3 is 10.6 Å². The van der Waals surface area contributed by atoms with E-state index in [2.05, 4.69) is 10.6 Å². The summed E-state index contributed by atoms with van der Waals surface area (Å²) in [5.41, 5.74) is 1.77. The summed E-state index contributed by atoms with van der Waals surface area (Å²) >= 11 is 6.06. The first-order valence-electron chi connectivity index (χ1n) is 10.9. The average molecular weight is 455 g/mol. The number of nitrogens with one attached hydrogen (secondary N) is 3. The van der Waals surface area contributed by atoms with E-state index in [1.165, 1.54) is 4.90 Å². The summed E-state index contributed by atoms with van der Waals surface area (Å²) in [5.74, 6) is -0.00823. The van der Waals surface area contributed by atoms with Crippen molar-refractivity contribution in [2.75, 3.05) is 0 Å². The lowest BCUT2D eigenvalue weighted by molar-refractivity contribution is -0.132. The quantitative estimate of drug-likeness (QED) is 0.570. The van der Waals surface area contributed by atoms with Gasteiger partial charge in [0.25, 0.3) is 5.91 Å². The molecule has 0 aromatic heterocycles. The number of hydrogen-bond donors (Lipinski definition) is 3. The Labute approximate surface area is 194 Å². The molecule has 1 saturated heterocycles. The molecule has 0 saturated carbocycles. The van der Waals surface area contributed by atoms with E-state index in [-0.39, 0.29) is 35.8 Å². The van der Waals surface area contributed by atoms with Gasteiger partial charge in [-0.05, 0) is 62.1 Å². The van der Waals surface area contributed by atoms with Crippen molar-refractivity contribution in [1.82, 2.24) is 15.5 Å². The second-order valence-corrected chi connectivity index (χ2v) is 9.47. The van der Waals surface area contributed by atoms with Gasteiger partial charge in [0.1, 0.15) is 0 Å². The molecule has 0 unspecified atom stereocenters. The number of benzene rings is 2. The van der Waals surface area contributed by atoms with Crippen LogP contribution in [0.5, 0.6) is 0 Å². The van der Waals surface area contributed by atoms with E-state index in [0.29, 0.717) is 17.0 Å². The number of guanidine groups is 1. The van der Waals surface area contributed by atoms with Crippen LogP contribution in [0.25, 0.3) is 0 Å². The van der Waals surface area contributed by atoms with Crippen molar-refractivity contribution in [2.24, 2.45) is 5.92 Å².